The first-order chi connectivity index (χ1) is 9.22. The third kappa shape index (κ3) is 4.73. The molecule has 0 fully saturated rings. The summed E-state index contributed by atoms with van der Waals surface area (Å²) in [5, 5.41) is 6.44. The molecule has 1 aromatic heterocycles. The number of rotatable bonds is 8. The Morgan fingerprint density at radius 3 is 2.37 bits per heavy atom. The normalized spacial score (nSPS) is 10.1. The lowest BCUT2D eigenvalue weighted by atomic mass is 10.2. The summed E-state index contributed by atoms with van der Waals surface area (Å²) in [7, 11) is 1.39. The van der Waals surface area contributed by atoms with Gasteiger partial charge < -0.3 is 15.4 Å². The summed E-state index contributed by atoms with van der Waals surface area (Å²) in [6, 6.07) is 0. The molecule has 0 aliphatic heterocycles. The second-order valence-corrected chi connectivity index (χ2v) is 4.08. The molecule has 0 radical (unpaired) electrons. The number of esters is 1. The smallest absolute Gasteiger partial charge is 0.307 e. The van der Waals surface area contributed by atoms with Gasteiger partial charge in [0.1, 0.15) is 18.0 Å². The van der Waals surface area contributed by atoms with Crippen molar-refractivity contribution in [3.63, 3.8) is 0 Å². The SMILES string of the molecule is CCCNc1ncnc(NCCC(=O)OC)c1CC. The minimum atomic E-state index is -0.232. The Morgan fingerprint density at radius 2 is 1.84 bits per heavy atom. The third-order valence-corrected chi connectivity index (χ3v) is 2.69. The van der Waals surface area contributed by atoms with Gasteiger partial charge in [0.15, 0.2) is 0 Å². The quantitative estimate of drug-likeness (QED) is 0.699. The molecule has 0 aliphatic carbocycles. The minimum Gasteiger partial charge on any atom is -0.469 e. The number of carbonyl (C=O) groups is 1. The molecule has 0 bridgehead atoms. The van der Waals surface area contributed by atoms with E-state index in [1.807, 2.05) is 0 Å². The average molecular weight is 266 g/mol. The minimum absolute atomic E-state index is 0.232. The van der Waals surface area contributed by atoms with Crippen molar-refractivity contribution < 1.29 is 9.53 Å². The average Bonchev–Trinajstić information content (AvgIpc) is 2.44. The van der Waals surface area contributed by atoms with Gasteiger partial charge in [-0.1, -0.05) is 13.8 Å². The van der Waals surface area contributed by atoms with Gasteiger partial charge in [0.25, 0.3) is 0 Å². The van der Waals surface area contributed by atoms with Crippen molar-refractivity contribution in [3.05, 3.63) is 11.9 Å². The first kappa shape index (κ1) is 15.2. The van der Waals surface area contributed by atoms with Crippen molar-refractivity contribution in [1.82, 2.24) is 9.97 Å². The van der Waals surface area contributed by atoms with E-state index in [9.17, 15) is 4.79 Å². The van der Waals surface area contributed by atoms with Crippen molar-refractivity contribution in [3.8, 4) is 0 Å². The molecule has 1 rings (SSSR count). The fourth-order valence-electron chi connectivity index (χ4n) is 1.68. The van der Waals surface area contributed by atoms with Crippen LogP contribution in [0.2, 0.25) is 0 Å². The molecule has 0 spiro atoms. The fourth-order valence-corrected chi connectivity index (χ4v) is 1.68. The fraction of sp³-hybridized carbons (Fsp3) is 0.615. The Bertz CT molecular complexity index is 410. The number of nitrogens with one attached hydrogen (secondary N) is 2. The van der Waals surface area contributed by atoms with Gasteiger partial charge in [-0.05, 0) is 12.8 Å². The highest BCUT2D eigenvalue weighted by Crippen LogP contribution is 2.20. The largest absolute Gasteiger partial charge is 0.469 e. The summed E-state index contributed by atoms with van der Waals surface area (Å²) < 4.78 is 4.60. The predicted molar refractivity (Wildman–Crippen MR) is 75.3 cm³/mol. The van der Waals surface area contributed by atoms with Crippen LogP contribution in [0.25, 0.3) is 0 Å². The van der Waals surface area contributed by atoms with Crippen LogP contribution in [0.1, 0.15) is 32.3 Å². The van der Waals surface area contributed by atoms with E-state index in [4.69, 9.17) is 0 Å². The molecule has 2 N–H and O–H groups in total. The second-order valence-electron chi connectivity index (χ2n) is 4.08. The molecule has 6 heteroatoms. The van der Waals surface area contributed by atoms with Crippen LogP contribution in [0, 0.1) is 0 Å². The van der Waals surface area contributed by atoms with Crippen LogP contribution in [0.5, 0.6) is 0 Å². The van der Waals surface area contributed by atoms with Gasteiger partial charge in [-0.3, -0.25) is 4.79 Å². The Hall–Kier alpha value is -1.85. The lowest BCUT2D eigenvalue weighted by Crippen LogP contribution is -2.14. The van der Waals surface area contributed by atoms with Crippen molar-refractivity contribution in [2.45, 2.75) is 33.1 Å². The van der Waals surface area contributed by atoms with Gasteiger partial charge >= 0.3 is 5.97 Å². The summed E-state index contributed by atoms with van der Waals surface area (Å²) in [6.45, 7) is 5.55. The van der Waals surface area contributed by atoms with Crippen molar-refractivity contribution in [2.24, 2.45) is 0 Å². The number of hydrogen-bond donors (Lipinski definition) is 2. The van der Waals surface area contributed by atoms with Gasteiger partial charge in [0.2, 0.25) is 0 Å². The van der Waals surface area contributed by atoms with Crippen molar-refractivity contribution >= 4 is 17.6 Å². The van der Waals surface area contributed by atoms with Gasteiger partial charge in [-0.15, -0.1) is 0 Å². The highest BCUT2D eigenvalue weighted by molar-refractivity contribution is 5.70. The monoisotopic (exact) mass is 266 g/mol. The van der Waals surface area contributed by atoms with Crippen LogP contribution in [0.3, 0.4) is 0 Å². The number of hydrogen-bond acceptors (Lipinski definition) is 6. The number of nitrogens with zero attached hydrogens (tertiary/aromatic N) is 2. The standard InChI is InChI=1S/C13H22N4O2/c1-4-7-14-12-10(5-2)13(17-9-16-12)15-8-6-11(18)19-3/h9H,4-8H2,1-3H3,(H2,14,15,16,17). The zero-order valence-electron chi connectivity index (χ0n) is 11.8. The van der Waals surface area contributed by atoms with Gasteiger partial charge in [-0.2, -0.15) is 0 Å². The summed E-state index contributed by atoms with van der Waals surface area (Å²) in [5.41, 5.74) is 1.04. The lowest BCUT2D eigenvalue weighted by Gasteiger charge is -2.13. The van der Waals surface area contributed by atoms with E-state index < -0.39 is 0 Å². The van der Waals surface area contributed by atoms with Crippen LogP contribution < -0.4 is 10.6 Å². The van der Waals surface area contributed by atoms with Crippen LogP contribution in [0.15, 0.2) is 6.33 Å². The van der Waals surface area contributed by atoms with Gasteiger partial charge in [0.05, 0.1) is 13.5 Å². The van der Waals surface area contributed by atoms with E-state index in [1.54, 1.807) is 0 Å². The van der Waals surface area contributed by atoms with Crippen LogP contribution in [0.4, 0.5) is 11.6 Å². The Labute approximate surface area is 114 Å². The van der Waals surface area contributed by atoms with E-state index in [1.165, 1.54) is 13.4 Å². The molecule has 0 unspecified atom stereocenters. The molecule has 0 aliphatic rings. The molecule has 6 nitrogen and oxygen atoms in total. The van der Waals surface area contributed by atoms with E-state index in [0.29, 0.717) is 13.0 Å². The summed E-state index contributed by atoms with van der Waals surface area (Å²) in [4.78, 5) is 19.5. The van der Waals surface area contributed by atoms with E-state index in [2.05, 4.69) is 39.2 Å². The molecule has 0 saturated heterocycles. The van der Waals surface area contributed by atoms with Crippen LogP contribution in [-0.4, -0.2) is 36.1 Å². The topological polar surface area (TPSA) is 76.1 Å². The number of anilines is 2. The molecule has 1 aromatic rings. The molecule has 19 heavy (non-hydrogen) atoms. The maximum Gasteiger partial charge on any atom is 0.307 e. The Balaban J connectivity index is 2.68. The van der Waals surface area contributed by atoms with Crippen LogP contribution >= 0.6 is 0 Å². The molecular formula is C13H22N4O2. The molecule has 1 heterocycles. The maximum absolute atomic E-state index is 11.1. The first-order valence-electron chi connectivity index (χ1n) is 6.61. The number of methoxy groups -OCH3 is 1. The van der Waals surface area contributed by atoms with E-state index in [0.717, 1.165) is 36.6 Å². The highest BCUT2D eigenvalue weighted by Gasteiger charge is 2.09. The Kier molecular flexibility index (Phi) is 6.63. The van der Waals surface area contributed by atoms with Gasteiger partial charge in [-0.25, -0.2) is 9.97 Å². The third-order valence-electron chi connectivity index (χ3n) is 2.69. The van der Waals surface area contributed by atoms with E-state index >= 15 is 0 Å². The number of carbonyl (C=O) groups excluding carboxylic acids is 1. The summed E-state index contributed by atoms with van der Waals surface area (Å²) >= 11 is 0. The molecule has 106 valence electrons. The zero-order chi connectivity index (χ0) is 14.1. The molecular weight excluding hydrogens is 244 g/mol. The number of aromatic nitrogens is 2. The van der Waals surface area contributed by atoms with Gasteiger partial charge in [0, 0.05) is 18.7 Å². The summed E-state index contributed by atoms with van der Waals surface area (Å²) in [6.07, 6.45) is 3.71. The van der Waals surface area contributed by atoms with Crippen LogP contribution in [-0.2, 0) is 16.0 Å². The molecule has 0 atom stereocenters. The van der Waals surface area contributed by atoms with Crippen molar-refractivity contribution in [1.29, 1.82) is 0 Å². The lowest BCUT2D eigenvalue weighted by molar-refractivity contribution is -0.140. The molecule has 0 amide bonds. The summed E-state index contributed by atoms with van der Waals surface area (Å²) in [5.74, 6) is 1.41. The second kappa shape index (κ2) is 8.29. The van der Waals surface area contributed by atoms with Crippen molar-refractivity contribution in [2.75, 3.05) is 30.8 Å². The van der Waals surface area contributed by atoms with E-state index in [-0.39, 0.29) is 5.97 Å². The molecule has 0 saturated carbocycles. The zero-order valence-corrected chi connectivity index (χ0v) is 11.8. The Morgan fingerprint density at radius 1 is 1.21 bits per heavy atom. The first-order valence-corrected chi connectivity index (χ1v) is 6.61. The predicted octanol–water partition coefficient (Wildman–Crippen LogP) is 1.84. The maximum atomic E-state index is 11.1. The molecule has 0 aromatic carbocycles. The number of ether oxygens (including phenoxy) is 1. The highest BCUT2D eigenvalue weighted by atomic mass is 16.5.